The van der Waals surface area contributed by atoms with Crippen molar-refractivity contribution in [2.45, 2.75) is 46.7 Å². The summed E-state index contributed by atoms with van der Waals surface area (Å²) in [6, 6.07) is 11.6. The molecule has 0 fully saturated rings. The van der Waals surface area contributed by atoms with Crippen LogP contribution in [0.3, 0.4) is 0 Å². The molecule has 0 bridgehead atoms. The Morgan fingerprint density at radius 2 is 1.94 bits per heavy atom. The predicted octanol–water partition coefficient (Wildman–Crippen LogP) is 3.50. The molecule has 1 aromatic carbocycles. The summed E-state index contributed by atoms with van der Waals surface area (Å²) in [6.07, 6.45) is 2.51. The highest BCUT2D eigenvalue weighted by atomic mass is 16.1. The second-order valence-corrected chi connectivity index (χ2v) is 8.16. The number of hydrogen-bond acceptors (Lipinski definition) is 4. The van der Waals surface area contributed by atoms with Gasteiger partial charge < -0.3 is 5.32 Å². The van der Waals surface area contributed by atoms with Crippen LogP contribution in [0, 0.1) is 20.8 Å². The molecule has 1 atom stereocenters. The van der Waals surface area contributed by atoms with E-state index in [1.165, 1.54) is 5.56 Å². The molecule has 0 saturated heterocycles. The molecule has 1 unspecified atom stereocenters. The van der Waals surface area contributed by atoms with Crippen molar-refractivity contribution in [3.63, 3.8) is 0 Å². The van der Waals surface area contributed by atoms with Crippen LogP contribution in [0.5, 0.6) is 0 Å². The lowest BCUT2D eigenvalue weighted by Crippen LogP contribution is -2.34. The van der Waals surface area contributed by atoms with Crippen LogP contribution in [0.1, 0.15) is 45.6 Å². The van der Waals surface area contributed by atoms with E-state index in [0.29, 0.717) is 12.1 Å². The van der Waals surface area contributed by atoms with Gasteiger partial charge in [0.25, 0.3) is 5.91 Å². The smallest absolute Gasteiger partial charge is 0.252 e. The second kappa shape index (κ2) is 8.34. The van der Waals surface area contributed by atoms with E-state index in [2.05, 4.69) is 22.4 Å². The third kappa shape index (κ3) is 4.21. The van der Waals surface area contributed by atoms with Gasteiger partial charge >= 0.3 is 0 Å². The standard InChI is InChI=1S/C24H28N6O/c1-15(12-21-17(3)28-29(5)18(21)4)26-24(31)22-13-19(14-30-16(2)10-11-25-30)27-23-9-7-6-8-20(22)23/h6-11,13,15H,12,14H2,1-5H3,(H,26,31). The number of fused-ring (bicyclic) bond motifs is 1. The molecule has 0 aliphatic carbocycles. The molecule has 4 aromatic rings. The number of benzene rings is 1. The number of aryl methyl sites for hydroxylation is 3. The number of hydrogen-bond donors (Lipinski definition) is 1. The molecule has 3 aromatic heterocycles. The van der Waals surface area contributed by atoms with E-state index >= 15 is 0 Å². The minimum Gasteiger partial charge on any atom is -0.349 e. The van der Waals surface area contributed by atoms with Gasteiger partial charge in [0.1, 0.15) is 0 Å². The molecule has 4 rings (SSSR count). The van der Waals surface area contributed by atoms with Crippen molar-refractivity contribution in [1.82, 2.24) is 29.9 Å². The third-order valence-corrected chi connectivity index (χ3v) is 5.80. The Kier molecular flexibility index (Phi) is 5.59. The lowest BCUT2D eigenvalue weighted by atomic mass is 10.0. The molecule has 0 spiro atoms. The molecule has 160 valence electrons. The normalized spacial score (nSPS) is 12.3. The Labute approximate surface area is 182 Å². The average Bonchev–Trinajstić information content (AvgIpc) is 3.24. The van der Waals surface area contributed by atoms with Gasteiger partial charge in [-0.1, -0.05) is 18.2 Å². The fourth-order valence-electron chi connectivity index (χ4n) is 3.99. The number of nitrogens with one attached hydrogen (secondary N) is 1. The molecule has 1 N–H and O–H groups in total. The lowest BCUT2D eigenvalue weighted by molar-refractivity contribution is 0.0941. The number of pyridine rings is 1. The highest BCUT2D eigenvalue weighted by molar-refractivity contribution is 6.06. The molecule has 0 aliphatic rings. The maximum absolute atomic E-state index is 13.3. The summed E-state index contributed by atoms with van der Waals surface area (Å²) in [6.45, 7) is 8.63. The number of rotatable bonds is 6. The molecular weight excluding hydrogens is 388 g/mol. The minimum absolute atomic E-state index is 0.0298. The van der Waals surface area contributed by atoms with Crippen molar-refractivity contribution in [3.05, 3.63) is 76.5 Å². The monoisotopic (exact) mass is 416 g/mol. The maximum Gasteiger partial charge on any atom is 0.252 e. The summed E-state index contributed by atoms with van der Waals surface area (Å²) in [5, 5.41) is 12.9. The zero-order chi connectivity index (χ0) is 22.1. The van der Waals surface area contributed by atoms with Gasteiger partial charge in [-0.25, -0.2) is 0 Å². The summed E-state index contributed by atoms with van der Waals surface area (Å²) in [5.41, 5.74) is 6.62. The Morgan fingerprint density at radius 1 is 1.16 bits per heavy atom. The topological polar surface area (TPSA) is 77.6 Å². The zero-order valence-electron chi connectivity index (χ0n) is 18.7. The highest BCUT2D eigenvalue weighted by Gasteiger charge is 2.18. The summed E-state index contributed by atoms with van der Waals surface area (Å²) in [4.78, 5) is 18.0. The van der Waals surface area contributed by atoms with E-state index in [4.69, 9.17) is 4.98 Å². The largest absolute Gasteiger partial charge is 0.349 e. The molecule has 1 amide bonds. The van der Waals surface area contributed by atoms with Crippen LogP contribution in [0.25, 0.3) is 10.9 Å². The van der Waals surface area contributed by atoms with Crippen molar-refractivity contribution >= 4 is 16.8 Å². The Bertz CT molecular complexity index is 1250. The number of aromatic nitrogens is 5. The van der Waals surface area contributed by atoms with Crippen LogP contribution in [0.2, 0.25) is 0 Å². The Hall–Kier alpha value is -3.48. The summed E-state index contributed by atoms with van der Waals surface area (Å²) in [7, 11) is 1.95. The van der Waals surface area contributed by atoms with Gasteiger partial charge in [0.15, 0.2) is 0 Å². The molecule has 3 heterocycles. The molecule has 0 aliphatic heterocycles. The van der Waals surface area contributed by atoms with E-state index in [1.807, 2.05) is 73.6 Å². The highest BCUT2D eigenvalue weighted by Crippen LogP contribution is 2.20. The van der Waals surface area contributed by atoms with Crippen LogP contribution in [0.15, 0.2) is 42.6 Å². The second-order valence-electron chi connectivity index (χ2n) is 8.16. The van der Waals surface area contributed by atoms with Crippen molar-refractivity contribution in [2.24, 2.45) is 7.05 Å². The maximum atomic E-state index is 13.3. The van der Waals surface area contributed by atoms with Crippen molar-refractivity contribution in [1.29, 1.82) is 0 Å². The first-order valence-electron chi connectivity index (χ1n) is 10.5. The molecule has 0 saturated carbocycles. The number of amides is 1. The van der Waals surface area contributed by atoms with E-state index < -0.39 is 0 Å². The van der Waals surface area contributed by atoms with Gasteiger partial charge in [0, 0.05) is 36.1 Å². The van der Waals surface area contributed by atoms with Crippen LogP contribution >= 0.6 is 0 Å². The van der Waals surface area contributed by atoms with Crippen LogP contribution in [-0.2, 0) is 20.0 Å². The van der Waals surface area contributed by atoms with Crippen LogP contribution in [-0.4, -0.2) is 36.5 Å². The number of carbonyl (C=O) groups is 1. The quantitative estimate of drug-likeness (QED) is 0.522. The van der Waals surface area contributed by atoms with Gasteiger partial charge in [0.05, 0.1) is 29.0 Å². The summed E-state index contributed by atoms with van der Waals surface area (Å²) in [5.74, 6) is -0.0938. The molecular formula is C24H28N6O. The molecule has 7 heteroatoms. The minimum atomic E-state index is -0.0938. The number of para-hydroxylation sites is 1. The summed E-state index contributed by atoms with van der Waals surface area (Å²) < 4.78 is 3.77. The lowest BCUT2D eigenvalue weighted by Gasteiger charge is -2.16. The fourth-order valence-corrected chi connectivity index (χ4v) is 3.99. The first kappa shape index (κ1) is 20.8. The van der Waals surface area contributed by atoms with Crippen LogP contribution in [0.4, 0.5) is 0 Å². The van der Waals surface area contributed by atoms with E-state index in [1.54, 1.807) is 6.20 Å². The first-order valence-corrected chi connectivity index (χ1v) is 10.5. The van der Waals surface area contributed by atoms with Crippen LogP contribution < -0.4 is 5.32 Å². The van der Waals surface area contributed by atoms with E-state index in [0.717, 1.165) is 40.1 Å². The fraction of sp³-hybridized carbons (Fsp3) is 0.333. The zero-order valence-corrected chi connectivity index (χ0v) is 18.7. The molecule has 31 heavy (non-hydrogen) atoms. The van der Waals surface area contributed by atoms with Gasteiger partial charge in [-0.15, -0.1) is 0 Å². The van der Waals surface area contributed by atoms with E-state index in [9.17, 15) is 4.79 Å². The molecule has 0 radical (unpaired) electrons. The first-order chi connectivity index (χ1) is 14.8. The van der Waals surface area contributed by atoms with E-state index in [-0.39, 0.29) is 11.9 Å². The Balaban J connectivity index is 1.61. The SMILES string of the molecule is Cc1nn(C)c(C)c1CC(C)NC(=O)c1cc(Cn2nccc2C)nc2ccccc12. The van der Waals surface area contributed by atoms with Crippen molar-refractivity contribution < 1.29 is 4.79 Å². The third-order valence-electron chi connectivity index (χ3n) is 5.80. The van der Waals surface area contributed by atoms with Gasteiger partial charge in [-0.3, -0.25) is 19.1 Å². The number of nitrogens with zero attached hydrogens (tertiary/aromatic N) is 5. The Morgan fingerprint density at radius 3 is 2.61 bits per heavy atom. The predicted molar refractivity (Wildman–Crippen MR) is 121 cm³/mol. The summed E-state index contributed by atoms with van der Waals surface area (Å²) >= 11 is 0. The molecule has 7 nitrogen and oxygen atoms in total. The van der Waals surface area contributed by atoms with Crippen molar-refractivity contribution in [3.8, 4) is 0 Å². The van der Waals surface area contributed by atoms with Gasteiger partial charge in [-0.05, 0) is 57.9 Å². The average molecular weight is 417 g/mol. The number of carbonyl (C=O) groups excluding carboxylic acids is 1. The van der Waals surface area contributed by atoms with Gasteiger partial charge in [0.2, 0.25) is 0 Å². The van der Waals surface area contributed by atoms with Crippen molar-refractivity contribution in [2.75, 3.05) is 0 Å². The van der Waals surface area contributed by atoms with Gasteiger partial charge in [-0.2, -0.15) is 10.2 Å².